The number of rotatable bonds is 3. The minimum Gasteiger partial charge on any atom is -0.460 e. The molecule has 0 spiro atoms. The Kier molecular flexibility index (Phi) is 4.40. The van der Waals surface area contributed by atoms with Crippen molar-refractivity contribution in [3.63, 3.8) is 0 Å². The molecular formula is C11H17NO2. The second-order valence-corrected chi connectivity index (χ2v) is 3.51. The molecule has 0 radical (unpaired) electrons. The van der Waals surface area contributed by atoms with E-state index in [0.29, 0.717) is 6.61 Å². The van der Waals surface area contributed by atoms with E-state index in [4.69, 9.17) is 10.5 Å². The van der Waals surface area contributed by atoms with Gasteiger partial charge < -0.3 is 10.5 Å². The van der Waals surface area contributed by atoms with Crippen LogP contribution in [-0.2, 0) is 9.53 Å². The predicted octanol–water partition coefficient (Wildman–Crippen LogP) is 1.54. The van der Waals surface area contributed by atoms with Crippen molar-refractivity contribution < 1.29 is 9.53 Å². The first kappa shape index (κ1) is 11.0. The average Bonchev–Trinajstić information content (AvgIpc) is 2.42. The van der Waals surface area contributed by atoms with Crippen LogP contribution in [0.1, 0.15) is 26.2 Å². The summed E-state index contributed by atoms with van der Waals surface area (Å²) in [7, 11) is 0. The monoisotopic (exact) mass is 195 g/mol. The fraction of sp³-hybridized carbons (Fsp3) is 0.545. The standard InChI is InChI=1S/C11H17NO2/c1-9(12)11(13)14-8-10-6-4-2-3-5-7-10/h4,6-7,9H,2-3,5,8,12H2,1H3/t9-/m0/s1. The third-order valence-corrected chi connectivity index (χ3v) is 2.07. The highest BCUT2D eigenvalue weighted by molar-refractivity contribution is 5.75. The third kappa shape index (κ3) is 3.75. The largest absolute Gasteiger partial charge is 0.460 e. The Morgan fingerprint density at radius 3 is 3.14 bits per heavy atom. The van der Waals surface area contributed by atoms with E-state index in [1.807, 2.05) is 6.08 Å². The van der Waals surface area contributed by atoms with Crippen LogP contribution in [0, 0.1) is 0 Å². The molecule has 0 heterocycles. The van der Waals surface area contributed by atoms with Crippen LogP contribution in [0.2, 0.25) is 0 Å². The predicted molar refractivity (Wildman–Crippen MR) is 55.7 cm³/mol. The Morgan fingerprint density at radius 1 is 1.64 bits per heavy atom. The lowest BCUT2D eigenvalue weighted by Crippen LogP contribution is -2.29. The Labute approximate surface area is 84.6 Å². The van der Waals surface area contributed by atoms with Crippen LogP contribution in [0.5, 0.6) is 0 Å². The molecule has 3 nitrogen and oxygen atoms in total. The van der Waals surface area contributed by atoms with Gasteiger partial charge in [0.15, 0.2) is 0 Å². The zero-order valence-electron chi connectivity index (χ0n) is 8.53. The summed E-state index contributed by atoms with van der Waals surface area (Å²) in [5, 5.41) is 0. The van der Waals surface area contributed by atoms with Gasteiger partial charge in [-0.15, -0.1) is 0 Å². The van der Waals surface area contributed by atoms with Crippen LogP contribution in [0.4, 0.5) is 0 Å². The average molecular weight is 195 g/mol. The van der Waals surface area contributed by atoms with Crippen molar-refractivity contribution in [1.29, 1.82) is 0 Å². The third-order valence-electron chi connectivity index (χ3n) is 2.07. The highest BCUT2D eigenvalue weighted by Crippen LogP contribution is 2.10. The summed E-state index contributed by atoms with van der Waals surface area (Å²) in [5.74, 6) is -0.344. The second kappa shape index (κ2) is 5.60. The first-order valence-corrected chi connectivity index (χ1v) is 4.98. The first-order chi connectivity index (χ1) is 6.70. The van der Waals surface area contributed by atoms with Crippen LogP contribution < -0.4 is 5.73 Å². The van der Waals surface area contributed by atoms with Crippen molar-refractivity contribution in [1.82, 2.24) is 0 Å². The Balaban J connectivity index is 2.36. The molecule has 0 unspecified atom stereocenters. The quantitative estimate of drug-likeness (QED) is 0.695. The summed E-state index contributed by atoms with van der Waals surface area (Å²) in [4.78, 5) is 11.1. The molecule has 3 heteroatoms. The van der Waals surface area contributed by atoms with Crippen molar-refractivity contribution in [2.75, 3.05) is 6.61 Å². The molecule has 0 aromatic rings. The topological polar surface area (TPSA) is 52.3 Å². The van der Waals surface area contributed by atoms with E-state index >= 15 is 0 Å². The molecule has 14 heavy (non-hydrogen) atoms. The van der Waals surface area contributed by atoms with Crippen molar-refractivity contribution in [3.8, 4) is 0 Å². The van der Waals surface area contributed by atoms with Gasteiger partial charge >= 0.3 is 5.97 Å². The van der Waals surface area contributed by atoms with E-state index in [0.717, 1.165) is 18.4 Å². The molecule has 1 rings (SSSR count). The number of carbonyl (C=O) groups is 1. The van der Waals surface area contributed by atoms with Gasteiger partial charge in [0.1, 0.15) is 12.6 Å². The van der Waals surface area contributed by atoms with E-state index in [1.165, 1.54) is 6.42 Å². The molecule has 1 aliphatic rings. The van der Waals surface area contributed by atoms with E-state index in [1.54, 1.807) is 6.92 Å². The van der Waals surface area contributed by atoms with Gasteiger partial charge in [-0.05, 0) is 31.8 Å². The lowest BCUT2D eigenvalue weighted by atomic mass is 10.2. The smallest absolute Gasteiger partial charge is 0.322 e. The molecule has 1 aliphatic carbocycles. The number of hydrogen-bond donors (Lipinski definition) is 1. The summed E-state index contributed by atoms with van der Waals surface area (Å²) in [6, 6.07) is -0.537. The maximum absolute atomic E-state index is 11.1. The van der Waals surface area contributed by atoms with Crippen LogP contribution in [0.3, 0.4) is 0 Å². The van der Waals surface area contributed by atoms with Crippen LogP contribution in [0.25, 0.3) is 0 Å². The number of carbonyl (C=O) groups excluding carboxylic acids is 1. The van der Waals surface area contributed by atoms with Crippen molar-refractivity contribution in [2.24, 2.45) is 5.73 Å². The molecule has 0 bridgehead atoms. The highest BCUT2D eigenvalue weighted by atomic mass is 16.5. The van der Waals surface area contributed by atoms with Crippen LogP contribution in [-0.4, -0.2) is 18.6 Å². The zero-order valence-corrected chi connectivity index (χ0v) is 8.53. The SMILES string of the molecule is C[C@H](N)C(=O)OCC1=CCCCC=C1. The van der Waals surface area contributed by atoms with Crippen LogP contribution in [0.15, 0.2) is 23.8 Å². The molecule has 0 aliphatic heterocycles. The Morgan fingerprint density at radius 2 is 2.43 bits per heavy atom. The fourth-order valence-corrected chi connectivity index (χ4v) is 1.22. The number of nitrogens with two attached hydrogens (primary N) is 1. The van der Waals surface area contributed by atoms with Gasteiger partial charge in [0, 0.05) is 0 Å². The number of ether oxygens (including phenoxy) is 1. The molecule has 1 atom stereocenters. The molecule has 0 amide bonds. The first-order valence-electron chi connectivity index (χ1n) is 4.98. The minimum absolute atomic E-state index is 0.344. The Bertz CT molecular complexity index is 254. The van der Waals surface area contributed by atoms with E-state index in [-0.39, 0.29) is 5.97 Å². The normalized spacial score (nSPS) is 18.3. The molecule has 0 aromatic carbocycles. The lowest BCUT2D eigenvalue weighted by molar-refractivity contribution is -0.143. The summed E-state index contributed by atoms with van der Waals surface area (Å²) in [5.41, 5.74) is 6.44. The molecule has 2 N–H and O–H groups in total. The van der Waals surface area contributed by atoms with Gasteiger partial charge in [-0.2, -0.15) is 0 Å². The highest BCUT2D eigenvalue weighted by Gasteiger charge is 2.08. The lowest BCUT2D eigenvalue weighted by Gasteiger charge is -2.07. The number of esters is 1. The summed E-state index contributed by atoms with van der Waals surface area (Å²) < 4.78 is 5.02. The van der Waals surface area contributed by atoms with Gasteiger partial charge in [0.2, 0.25) is 0 Å². The molecular weight excluding hydrogens is 178 g/mol. The van der Waals surface area contributed by atoms with Gasteiger partial charge in [-0.25, -0.2) is 0 Å². The summed E-state index contributed by atoms with van der Waals surface area (Å²) in [6.07, 6.45) is 9.55. The molecule has 78 valence electrons. The molecule has 0 fully saturated rings. The van der Waals surface area contributed by atoms with Crippen molar-refractivity contribution in [3.05, 3.63) is 23.8 Å². The molecule has 0 saturated carbocycles. The Hall–Kier alpha value is -1.09. The number of allylic oxidation sites excluding steroid dienone is 2. The van der Waals surface area contributed by atoms with Gasteiger partial charge in [0.05, 0.1) is 0 Å². The van der Waals surface area contributed by atoms with Crippen molar-refractivity contribution >= 4 is 5.97 Å². The van der Waals surface area contributed by atoms with E-state index in [2.05, 4.69) is 12.2 Å². The molecule has 0 saturated heterocycles. The fourth-order valence-electron chi connectivity index (χ4n) is 1.22. The van der Waals surface area contributed by atoms with E-state index < -0.39 is 6.04 Å². The maximum Gasteiger partial charge on any atom is 0.322 e. The second-order valence-electron chi connectivity index (χ2n) is 3.51. The minimum atomic E-state index is -0.537. The zero-order chi connectivity index (χ0) is 10.4. The number of hydrogen-bond acceptors (Lipinski definition) is 3. The van der Waals surface area contributed by atoms with Crippen molar-refractivity contribution in [2.45, 2.75) is 32.2 Å². The summed E-state index contributed by atoms with van der Waals surface area (Å²) in [6.45, 7) is 1.97. The van der Waals surface area contributed by atoms with Gasteiger partial charge in [-0.3, -0.25) is 4.79 Å². The molecule has 0 aromatic heterocycles. The van der Waals surface area contributed by atoms with Crippen LogP contribution >= 0.6 is 0 Å². The van der Waals surface area contributed by atoms with Gasteiger partial charge in [0.25, 0.3) is 0 Å². The van der Waals surface area contributed by atoms with E-state index in [9.17, 15) is 4.79 Å². The van der Waals surface area contributed by atoms with Gasteiger partial charge in [-0.1, -0.05) is 18.2 Å². The maximum atomic E-state index is 11.1. The summed E-state index contributed by atoms with van der Waals surface area (Å²) >= 11 is 0.